The Bertz CT molecular complexity index is 662. The van der Waals surface area contributed by atoms with E-state index in [9.17, 15) is 0 Å². The van der Waals surface area contributed by atoms with Gasteiger partial charge in [-0.05, 0) is 30.7 Å². The lowest BCUT2D eigenvalue weighted by atomic mass is 10.1. The molecule has 0 unspecified atom stereocenters. The van der Waals surface area contributed by atoms with E-state index in [2.05, 4.69) is 22.0 Å². The third-order valence-corrected chi connectivity index (χ3v) is 3.50. The van der Waals surface area contributed by atoms with Crippen molar-refractivity contribution in [1.82, 2.24) is 0 Å². The van der Waals surface area contributed by atoms with Gasteiger partial charge in [0.25, 0.3) is 0 Å². The van der Waals surface area contributed by atoms with Crippen molar-refractivity contribution in [3.05, 3.63) is 63.1 Å². The molecule has 2 N–H and O–H groups in total. The Kier molecular flexibility index (Phi) is 4.78. The molecule has 0 saturated heterocycles. The molecule has 2 rings (SSSR count). The van der Waals surface area contributed by atoms with Crippen LogP contribution in [0.2, 0.25) is 0 Å². The molecular weight excluding hydrogens is 316 g/mol. The standard InChI is InChI=1S/C16H15BrN2O/c1-11-6-15(17)7-14(9-19)16(11)20-10-13-5-3-2-4-12(13)8-18/h2-7H,9-10,19H2,1H3. The predicted molar refractivity (Wildman–Crippen MR) is 82.3 cm³/mol. The molecular formula is C16H15BrN2O. The summed E-state index contributed by atoms with van der Waals surface area (Å²) in [5.41, 5.74) is 9.24. The summed E-state index contributed by atoms with van der Waals surface area (Å²) < 4.78 is 6.88. The molecule has 0 aliphatic heterocycles. The zero-order valence-electron chi connectivity index (χ0n) is 11.2. The van der Waals surface area contributed by atoms with Gasteiger partial charge in [0.05, 0.1) is 11.6 Å². The van der Waals surface area contributed by atoms with Crippen molar-refractivity contribution in [3.63, 3.8) is 0 Å². The summed E-state index contributed by atoms with van der Waals surface area (Å²) in [6.45, 7) is 2.75. The van der Waals surface area contributed by atoms with E-state index in [4.69, 9.17) is 15.7 Å². The van der Waals surface area contributed by atoms with E-state index in [-0.39, 0.29) is 0 Å². The fourth-order valence-electron chi connectivity index (χ4n) is 2.06. The number of aryl methyl sites for hydroxylation is 1. The van der Waals surface area contributed by atoms with Crippen molar-refractivity contribution in [2.45, 2.75) is 20.1 Å². The number of ether oxygens (including phenoxy) is 1. The third kappa shape index (κ3) is 3.19. The molecule has 0 aliphatic rings. The average Bonchev–Trinajstić information content (AvgIpc) is 2.45. The van der Waals surface area contributed by atoms with Crippen LogP contribution in [0.25, 0.3) is 0 Å². The van der Waals surface area contributed by atoms with Gasteiger partial charge in [-0.15, -0.1) is 0 Å². The number of hydrogen-bond donors (Lipinski definition) is 1. The zero-order chi connectivity index (χ0) is 14.5. The van der Waals surface area contributed by atoms with Gasteiger partial charge >= 0.3 is 0 Å². The van der Waals surface area contributed by atoms with Gasteiger partial charge < -0.3 is 10.5 Å². The minimum absolute atomic E-state index is 0.360. The Morgan fingerprint density at radius 1 is 1.25 bits per heavy atom. The first kappa shape index (κ1) is 14.6. The molecule has 0 bridgehead atoms. The fraction of sp³-hybridized carbons (Fsp3) is 0.188. The molecule has 0 spiro atoms. The molecule has 0 heterocycles. The Labute approximate surface area is 127 Å². The minimum atomic E-state index is 0.360. The van der Waals surface area contributed by atoms with Crippen LogP contribution in [0.15, 0.2) is 40.9 Å². The van der Waals surface area contributed by atoms with Crippen LogP contribution in [-0.2, 0) is 13.2 Å². The van der Waals surface area contributed by atoms with Crippen molar-refractivity contribution in [2.75, 3.05) is 0 Å². The first-order valence-electron chi connectivity index (χ1n) is 6.25. The number of nitriles is 1. The molecule has 0 fully saturated rings. The first-order chi connectivity index (χ1) is 9.65. The maximum atomic E-state index is 9.08. The normalized spacial score (nSPS) is 10.1. The van der Waals surface area contributed by atoms with Gasteiger partial charge in [0.2, 0.25) is 0 Å². The van der Waals surface area contributed by atoms with Crippen LogP contribution in [0.3, 0.4) is 0 Å². The van der Waals surface area contributed by atoms with Gasteiger partial charge in [-0.25, -0.2) is 0 Å². The van der Waals surface area contributed by atoms with Crippen LogP contribution in [0.5, 0.6) is 5.75 Å². The van der Waals surface area contributed by atoms with Crippen LogP contribution in [0.4, 0.5) is 0 Å². The summed E-state index contributed by atoms with van der Waals surface area (Å²) in [5, 5.41) is 9.08. The molecule has 0 aromatic heterocycles. The van der Waals surface area contributed by atoms with Crippen LogP contribution in [-0.4, -0.2) is 0 Å². The number of halogens is 1. The largest absolute Gasteiger partial charge is 0.488 e. The smallest absolute Gasteiger partial charge is 0.127 e. The maximum absolute atomic E-state index is 9.08. The highest BCUT2D eigenvalue weighted by Gasteiger charge is 2.09. The lowest BCUT2D eigenvalue weighted by molar-refractivity contribution is 0.300. The summed E-state index contributed by atoms with van der Waals surface area (Å²) in [5.74, 6) is 0.795. The van der Waals surface area contributed by atoms with E-state index in [1.807, 2.05) is 37.3 Å². The summed E-state index contributed by atoms with van der Waals surface area (Å²) in [7, 11) is 0. The molecule has 0 amide bonds. The number of hydrogen-bond acceptors (Lipinski definition) is 3. The Morgan fingerprint density at radius 2 is 2.00 bits per heavy atom. The van der Waals surface area contributed by atoms with Gasteiger partial charge in [0.15, 0.2) is 0 Å². The van der Waals surface area contributed by atoms with Crippen molar-refractivity contribution >= 4 is 15.9 Å². The van der Waals surface area contributed by atoms with E-state index in [1.54, 1.807) is 6.07 Å². The van der Waals surface area contributed by atoms with Crippen LogP contribution >= 0.6 is 15.9 Å². The van der Waals surface area contributed by atoms with Gasteiger partial charge in [0, 0.05) is 22.1 Å². The fourth-order valence-corrected chi connectivity index (χ4v) is 2.68. The molecule has 102 valence electrons. The lowest BCUT2D eigenvalue weighted by Gasteiger charge is -2.14. The number of nitrogens with zero attached hydrogens (tertiary/aromatic N) is 1. The predicted octanol–water partition coefficient (Wildman–Crippen LogP) is 3.67. The van der Waals surface area contributed by atoms with Gasteiger partial charge in [-0.1, -0.05) is 34.1 Å². The van der Waals surface area contributed by atoms with Gasteiger partial charge in [-0.3, -0.25) is 0 Å². The van der Waals surface area contributed by atoms with E-state index >= 15 is 0 Å². The Hall–Kier alpha value is -1.83. The Balaban J connectivity index is 2.25. The SMILES string of the molecule is Cc1cc(Br)cc(CN)c1OCc1ccccc1C#N. The van der Waals surface area contributed by atoms with Crippen LogP contribution < -0.4 is 10.5 Å². The highest BCUT2D eigenvalue weighted by atomic mass is 79.9. The summed E-state index contributed by atoms with van der Waals surface area (Å²) in [4.78, 5) is 0. The van der Waals surface area contributed by atoms with E-state index in [0.717, 1.165) is 26.9 Å². The Morgan fingerprint density at radius 3 is 2.70 bits per heavy atom. The van der Waals surface area contributed by atoms with Crippen LogP contribution in [0.1, 0.15) is 22.3 Å². The molecule has 4 heteroatoms. The second kappa shape index (κ2) is 6.56. The van der Waals surface area contributed by atoms with E-state index in [0.29, 0.717) is 18.7 Å². The summed E-state index contributed by atoms with van der Waals surface area (Å²) >= 11 is 3.45. The molecule has 0 aliphatic carbocycles. The number of benzene rings is 2. The van der Waals surface area contributed by atoms with Crippen molar-refractivity contribution in [1.29, 1.82) is 5.26 Å². The van der Waals surface area contributed by atoms with E-state index in [1.165, 1.54) is 0 Å². The van der Waals surface area contributed by atoms with E-state index < -0.39 is 0 Å². The maximum Gasteiger partial charge on any atom is 0.127 e. The average molecular weight is 331 g/mol. The van der Waals surface area contributed by atoms with Gasteiger partial charge in [0.1, 0.15) is 12.4 Å². The van der Waals surface area contributed by atoms with Crippen molar-refractivity contribution in [2.24, 2.45) is 5.73 Å². The second-order valence-electron chi connectivity index (χ2n) is 4.47. The quantitative estimate of drug-likeness (QED) is 0.930. The molecule has 0 atom stereocenters. The summed E-state index contributed by atoms with van der Waals surface area (Å²) in [6.07, 6.45) is 0. The molecule has 2 aromatic rings. The number of rotatable bonds is 4. The van der Waals surface area contributed by atoms with Crippen molar-refractivity contribution < 1.29 is 4.74 Å². The highest BCUT2D eigenvalue weighted by molar-refractivity contribution is 9.10. The molecule has 20 heavy (non-hydrogen) atoms. The monoisotopic (exact) mass is 330 g/mol. The highest BCUT2D eigenvalue weighted by Crippen LogP contribution is 2.28. The second-order valence-corrected chi connectivity index (χ2v) is 5.39. The molecule has 0 radical (unpaired) electrons. The minimum Gasteiger partial charge on any atom is -0.488 e. The van der Waals surface area contributed by atoms with Gasteiger partial charge in [-0.2, -0.15) is 5.26 Å². The topological polar surface area (TPSA) is 59.0 Å². The molecule has 3 nitrogen and oxygen atoms in total. The first-order valence-corrected chi connectivity index (χ1v) is 7.05. The summed E-state index contributed by atoms with van der Waals surface area (Å²) in [6, 6.07) is 13.6. The molecule has 2 aromatic carbocycles. The lowest BCUT2D eigenvalue weighted by Crippen LogP contribution is -2.05. The third-order valence-electron chi connectivity index (χ3n) is 3.05. The van der Waals surface area contributed by atoms with Crippen molar-refractivity contribution in [3.8, 4) is 11.8 Å². The van der Waals surface area contributed by atoms with Crippen LogP contribution in [0, 0.1) is 18.3 Å². The molecule has 0 saturated carbocycles. The number of nitrogens with two attached hydrogens (primary N) is 1. The zero-order valence-corrected chi connectivity index (χ0v) is 12.8.